The van der Waals surface area contributed by atoms with Gasteiger partial charge in [-0.25, -0.2) is 4.89 Å². The van der Waals surface area contributed by atoms with E-state index in [4.69, 9.17) is 9.62 Å². The topological polar surface area (TPSA) is 76.0 Å². The van der Waals surface area contributed by atoms with E-state index in [-0.39, 0.29) is 28.8 Å². The van der Waals surface area contributed by atoms with E-state index < -0.39 is 17.6 Å². The predicted octanol–water partition coefficient (Wildman–Crippen LogP) is 10.8. The summed E-state index contributed by atoms with van der Waals surface area (Å²) in [6.07, 6.45) is 22.3. The lowest BCUT2D eigenvalue weighted by molar-refractivity contribution is -0.323. The van der Waals surface area contributed by atoms with E-state index in [0.29, 0.717) is 48.3 Å². The molecular weight excluding hydrogens is 608 g/mol. The SMILES string of the molecule is CC(C)C1=CCC2C(=C1)CCC1C(C)(C(=O)OCCC(O)CC(OO)C3(C)CCCC4(C)C5CC=C(C(C)C)C=C5CCC34)CCCC21C. The molecule has 0 aromatic heterocycles. The number of carbonyl (C=O) groups is 1. The Hall–Kier alpha value is -1.69. The summed E-state index contributed by atoms with van der Waals surface area (Å²) in [5.41, 5.74) is 5.68. The fourth-order valence-corrected chi connectivity index (χ4v) is 12.7. The molecule has 4 fully saturated rings. The number of allylic oxidation sites excluding steroid dienone is 8. The van der Waals surface area contributed by atoms with Gasteiger partial charge in [-0.15, -0.1) is 0 Å². The molecule has 6 aliphatic carbocycles. The highest BCUT2D eigenvalue weighted by molar-refractivity contribution is 5.77. The van der Waals surface area contributed by atoms with Crippen LogP contribution in [0, 0.1) is 57.2 Å². The Balaban J connectivity index is 1.07. The van der Waals surface area contributed by atoms with Crippen molar-refractivity contribution in [1.29, 1.82) is 0 Å². The van der Waals surface area contributed by atoms with Gasteiger partial charge in [0.05, 0.1) is 18.1 Å². The van der Waals surface area contributed by atoms with Gasteiger partial charge in [-0.3, -0.25) is 10.1 Å². The molecule has 0 aromatic carbocycles. The number of aliphatic hydroxyl groups is 1. The maximum atomic E-state index is 13.9. The third-order valence-electron chi connectivity index (χ3n) is 15.6. The van der Waals surface area contributed by atoms with Crippen molar-refractivity contribution in [3.8, 4) is 0 Å². The highest BCUT2D eigenvalue weighted by atomic mass is 17.1. The van der Waals surface area contributed by atoms with E-state index in [0.717, 1.165) is 64.2 Å². The molecule has 5 nitrogen and oxygen atoms in total. The van der Waals surface area contributed by atoms with Crippen LogP contribution in [0.25, 0.3) is 0 Å². The van der Waals surface area contributed by atoms with Gasteiger partial charge in [0, 0.05) is 18.3 Å². The van der Waals surface area contributed by atoms with E-state index >= 15 is 0 Å². The number of aliphatic hydroxyl groups excluding tert-OH is 1. The largest absolute Gasteiger partial charge is 0.465 e. The molecular formula is C44H68O5. The first-order valence-electron chi connectivity index (χ1n) is 20.1. The van der Waals surface area contributed by atoms with Crippen LogP contribution >= 0.6 is 0 Å². The lowest BCUT2D eigenvalue weighted by atomic mass is 9.45. The number of rotatable bonds is 10. The Morgan fingerprint density at radius 1 is 0.816 bits per heavy atom. The second kappa shape index (κ2) is 14.0. The first-order valence-corrected chi connectivity index (χ1v) is 20.1. The smallest absolute Gasteiger partial charge is 0.312 e. The summed E-state index contributed by atoms with van der Waals surface area (Å²) in [6, 6.07) is 0. The number of fused-ring (bicyclic) bond motifs is 6. The Kier molecular flexibility index (Phi) is 10.6. The van der Waals surface area contributed by atoms with Crippen LogP contribution in [0.1, 0.15) is 145 Å². The van der Waals surface area contributed by atoms with E-state index in [1.165, 1.54) is 24.0 Å². The first-order chi connectivity index (χ1) is 23.2. The molecule has 6 aliphatic rings. The van der Waals surface area contributed by atoms with E-state index in [2.05, 4.69) is 79.7 Å². The van der Waals surface area contributed by atoms with Crippen LogP contribution in [-0.2, 0) is 14.4 Å². The second-order valence-electron chi connectivity index (χ2n) is 19.0. The van der Waals surface area contributed by atoms with Gasteiger partial charge < -0.3 is 9.84 Å². The molecule has 0 spiro atoms. The van der Waals surface area contributed by atoms with Crippen molar-refractivity contribution < 1.29 is 24.8 Å². The fraction of sp³-hybridized carbons (Fsp3) is 0.795. The van der Waals surface area contributed by atoms with Crippen molar-refractivity contribution in [2.24, 2.45) is 57.2 Å². The number of ether oxygens (including phenoxy) is 1. The molecule has 0 aliphatic heterocycles. The summed E-state index contributed by atoms with van der Waals surface area (Å²) in [6.45, 7) is 18.7. The maximum Gasteiger partial charge on any atom is 0.312 e. The minimum Gasteiger partial charge on any atom is -0.465 e. The van der Waals surface area contributed by atoms with E-state index in [1.807, 2.05) is 0 Å². The van der Waals surface area contributed by atoms with Crippen LogP contribution in [0.2, 0.25) is 0 Å². The van der Waals surface area contributed by atoms with Gasteiger partial charge in [-0.05, 0) is 129 Å². The van der Waals surface area contributed by atoms with Gasteiger partial charge in [0.15, 0.2) is 0 Å². The molecule has 4 saturated carbocycles. The summed E-state index contributed by atoms with van der Waals surface area (Å²) in [5.74, 6) is 2.79. The molecule has 10 unspecified atom stereocenters. The predicted molar refractivity (Wildman–Crippen MR) is 198 cm³/mol. The fourth-order valence-electron chi connectivity index (χ4n) is 12.7. The molecule has 5 heteroatoms. The van der Waals surface area contributed by atoms with Crippen molar-refractivity contribution in [2.45, 2.75) is 157 Å². The summed E-state index contributed by atoms with van der Waals surface area (Å²) < 4.78 is 6.07. The average molecular weight is 677 g/mol. The van der Waals surface area contributed by atoms with Crippen LogP contribution in [0.5, 0.6) is 0 Å². The van der Waals surface area contributed by atoms with Crippen molar-refractivity contribution in [3.05, 3.63) is 46.6 Å². The highest BCUT2D eigenvalue weighted by Crippen LogP contribution is 2.65. The zero-order valence-electron chi connectivity index (χ0n) is 32.2. The Labute approximate surface area is 298 Å². The molecule has 0 bridgehead atoms. The molecule has 10 atom stereocenters. The molecule has 0 aromatic rings. The van der Waals surface area contributed by atoms with E-state index in [9.17, 15) is 15.2 Å². The van der Waals surface area contributed by atoms with Crippen molar-refractivity contribution in [1.82, 2.24) is 0 Å². The number of esters is 1. The van der Waals surface area contributed by atoms with Gasteiger partial charge in [-0.1, -0.05) is 96.8 Å². The number of carbonyl (C=O) groups excluding carboxylic acids is 1. The van der Waals surface area contributed by atoms with Gasteiger partial charge in [0.1, 0.15) is 6.10 Å². The second-order valence-corrected chi connectivity index (χ2v) is 19.0. The lowest BCUT2D eigenvalue weighted by Gasteiger charge is -2.60. The lowest BCUT2D eigenvalue weighted by Crippen LogP contribution is -2.55. The van der Waals surface area contributed by atoms with Gasteiger partial charge in [0.25, 0.3) is 0 Å². The number of hydrogen-bond acceptors (Lipinski definition) is 5. The average Bonchev–Trinajstić information content (AvgIpc) is 3.06. The van der Waals surface area contributed by atoms with Crippen LogP contribution in [-0.4, -0.2) is 35.1 Å². The molecule has 0 amide bonds. The van der Waals surface area contributed by atoms with Crippen molar-refractivity contribution in [3.63, 3.8) is 0 Å². The Bertz CT molecular complexity index is 1370. The third-order valence-corrected chi connectivity index (χ3v) is 15.6. The van der Waals surface area contributed by atoms with Crippen LogP contribution in [0.15, 0.2) is 46.6 Å². The Morgan fingerprint density at radius 2 is 1.35 bits per heavy atom. The third kappa shape index (κ3) is 6.50. The number of hydrogen-bond donors (Lipinski definition) is 2. The molecule has 274 valence electrons. The van der Waals surface area contributed by atoms with Gasteiger partial charge >= 0.3 is 5.97 Å². The van der Waals surface area contributed by atoms with Crippen molar-refractivity contribution in [2.75, 3.05) is 6.61 Å². The molecule has 49 heavy (non-hydrogen) atoms. The van der Waals surface area contributed by atoms with Gasteiger partial charge in [0.2, 0.25) is 0 Å². The minimum absolute atomic E-state index is 0.0875. The molecule has 6 rings (SSSR count). The minimum atomic E-state index is -0.712. The summed E-state index contributed by atoms with van der Waals surface area (Å²) in [5, 5.41) is 21.7. The highest BCUT2D eigenvalue weighted by Gasteiger charge is 2.59. The van der Waals surface area contributed by atoms with Crippen LogP contribution in [0.3, 0.4) is 0 Å². The Morgan fingerprint density at radius 3 is 1.90 bits per heavy atom. The first kappa shape index (κ1) is 37.1. The van der Waals surface area contributed by atoms with Crippen molar-refractivity contribution >= 4 is 5.97 Å². The summed E-state index contributed by atoms with van der Waals surface area (Å²) >= 11 is 0. The zero-order chi connectivity index (χ0) is 35.4. The molecule has 0 saturated heterocycles. The van der Waals surface area contributed by atoms with Crippen LogP contribution < -0.4 is 0 Å². The standard InChI is InChI=1S/C44H68O5/c1-28(2)30-11-15-35-32(25-30)13-17-37-41(35,5)20-9-22-43(37,7)39(49-47)27-34(45)19-24-48-40(46)44(8)23-10-21-42(6)36-16-12-31(29(3)4)26-33(36)14-18-38(42)44/h11-12,25-26,28-29,34-39,45,47H,9-10,13-24,27H2,1-8H3. The van der Waals surface area contributed by atoms with E-state index in [1.54, 1.807) is 11.1 Å². The summed E-state index contributed by atoms with van der Waals surface area (Å²) in [7, 11) is 0. The molecule has 2 N–H and O–H groups in total. The van der Waals surface area contributed by atoms with Gasteiger partial charge in [-0.2, -0.15) is 0 Å². The summed E-state index contributed by atoms with van der Waals surface area (Å²) in [4.78, 5) is 19.2. The zero-order valence-corrected chi connectivity index (χ0v) is 32.2. The molecule has 0 heterocycles. The van der Waals surface area contributed by atoms with Crippen LogP contribution in [0.4, 0.5) is 0 Å². The maximum absolute atomic E-state index is 13.9. The normalized spacial score (nSPS) is 40.1. The molecule has 0 radical (unpaired) electrons. The quantitative estimate of drug-likeness (QED) is 0.137. The monoisotopic (exact) mass is 677 g/mol.